The van der Waals surface area contributed by atoms with Crippen molar-refractivity contribution in [3.05, 3.63) is 78.0 Å². The summed E-state index contributed by atoms with van der Waals surface area (Å²) in [5.41, 5.74) is 6.03. The number of hydrogen-bond donors (Lipinski definition) is 1. The average Bonchev–Trinajstić information content (AvgIpc) is 2.58. The minimum Gasteiger partial charge on any atom is -0.340 e. The normalized spacial score (nSPS) is 10.8. The van der Waals surface area contributed by atoms with Crippen molar-refractivity contribution < 1.29 is 0 Å². The van der Waals surface area contributed by atoms with E-state index < -0.39 is 0 Å². The molecule has 1 aromatic heterocycles. The molecule has 0 aliphatic rings. The molecule has 0 saturated carbocycles. The largest absolute Gasteiger partial charge is 0.340 e. The Balaban J connectivity index is 1.68. The highest BCUT2D eigenvalue weighted by Gasteiger charge is 2.01. The van der Waals surface area contributed by atoms with Crippen molar-refractivity contribution in [3.63, 3.8) is 0 Å². The molecule has 1 N–H and O–H groups in total. The molecule has 0 aliphatic heterocycles. The first-order valence-electron chi connectivity index (χ1n) is 8.49. The highest BCUT2D eigenvalue weighted by molar-refractivity contribution is 5.65. The van der Waals surface area contributed by atoms with Crippen LogP contribution in [0.1, 0.15) is 25.0 Å². The number of benzene rings is 2. The van der Waals surface area contributed by atoms with E-state index in [9.17, 15) is 0 Å². The van der Waals surface area contributed by atoms with Gasteiger partial charge in [-0.05, 0) is 54.7 Å². The Labute approximate surface area is 144 Å². The lowest BCUT2D eigenvalue weighted by Gasteiger charge is -2.09. The van der Waals surface area contributed by atoms with Gasteiger partial charge in [0.25, 0.3) is 0 Å². The minimum absolute atomic E-state index is 0.680. The Hall–Kier alpha value is -2.61. The number of anilines is 2. The lowest BCUT2D eigenvalue weighted by molar-refractivity contribution is 0.647. The fourth-order valence-electron chi connectivity index (χ4n) is 2.73. The molecule has 0 spiro atoms. The molecule has 0 saturated heterocycles. The first kappa shape index (κ1) is 16.3. The second kappa shape index (κ2) is 7.31. The number of pyridine rings is 1. The molecule has 3 rings (SSSR count). The molecule has 0 radical (unpaired) electrons. The van der Waals surface area contributed by atoms with E-state index in [2.05, 4.69) is 85.7 Å². The Bertz CT molecular complexity index is 770. The molecule has 0 aliphatic carbocycles. The third-order valence-corrected chi connectivity index (χ3v) is 4.02. The molecule has 122 valence electrons. The SMILES string of the molecule is Cc1ccc(-c2ccc(Nc3ccc(CC(C)C)cc3)nc2)cc1. The van der Waals surface area contributed by atoms with Crippen molar-refractivity contribution in [2.75, 3.05) is 5.32 Å². The Kier molecular flexibility index (Phi) is 4.95. The molecule has 0 unspecified atom stereocenters. The van der Waals surface area contributed by atoms with Crippen molar-refractivity contribution in [3.8, 4) is 11.1 Å². The van der Waals surface area contributed by atoms with E-state index in [-0.39, 0.29) is 0 Å². The van der Waals surface area contributed by atoms with Gasteiger partial charge in [0.1, 0.15) is 5.82 Å². The van der Waals surface area contributed by atoms with Gasteiger partial charge in [0.2, 0.25) is 0 Å². The first-order chi connectivity index (χ1) is 11.6. The summed E-state index contributed by atoms with van der Waals surface area (Å²) >= 11 is 0. The summed E-state index contributed by atoms with van der Waals surface area (Å²) in [6.45, 7) is 6.58. The van der Waals surface area contributed by atoms with Gasteiger partial charge < -0.3 is 5.32 Å². The monoisotopic (exact) mass is 316 g/mol. The van der Waals surface area contributed by atoms with E-state index in [1.807, 2.05) is 12.3 Å². The van der Waals surface area contributed by atoms with Crippen LogP contribution in [0.15, 0.2) is 66.9 Å². The van der Waals surface area contributed by atoms with Crippen LogP contribution in [0.2, 0.25) is 0 Å². The van der Waals surface area contributed by atoms with Gasteiger partial charge in [0.15, 0.2) is 0 Å². The van der Waals surface area contributed by atoms with Crippen LogP contribution < -0.4 is 5.32 Å². The van der Waals surface area contributed by atoms with Gasteiger partial charge in [-0.25, -0.2) is 4.98 Å². The third kappa shape index (κ3) is 4.23. The minimum atomic E-state index is 0.680. The zero-order valence-electron chi connectivity index (χ0n) is 14.6. The molecule has 0 fully saturated rings. The van der Waals surface area contributed by atoms with E-state index in [0.29, 0.717) is 5.92 Å². The summed E-state index contributed by atoms with van der Waals surface area (Å²) in [7, 11) is 0. The maximum atomic E-state index is 4.53. The maximum Gasteiger partial charge on any atom is 0.130 e. The van der Waals surface area contributed by atoms with Gasteiger partial charge >= 0.3 is 0 Å². The third-order valence-electron chi connectivity index (χ3n) is 4.02. The highest BCUT2D eigenvalue weighted by atomic mass is 15.0. The van der Waals surface area contributed by atoms with Crippen molar-refractivity contribution in [2.45, 2.75) is 27.2 Å². The van der Waals surface area contributed by atoms with Gasteiger partial charge in [0.05, 0.1) is 0 Å². The van der Waals surface area contributed by atoms with Crippen LogP contribution in [0.25, 0.3) is 11.1 Å². The molecule has 0 atom stereocenters. The summed E-state index contributed by atoms with van der Waals surface area (Å²) in [5, 5.41) is 3.36. The first-order valence-corrected chi connectivity index (χ1v) is 8.49. The second-order valence-electron chi connectivity index (χ2n) is 6.72. The Morgan fingerprint density at radius 1 is 0.833 bits per heavy atom. The molecule has 0 bridgehead atoms. The second-order valence-corrected chi connectivity index (χ2v) is 6.72. The molecule has 2 heteroatoms. The molecule has 24 heavy (non-hydrogen) atoms. The fourth-order valence-corrected chi connectivity index (χ4v) is 2.73. The van der Waals surface area contributed by atoms with Gasteiger partial charge in [-0.3, -0.25) is 0 Å². The lowest BCUT2D eigenvalue weighted by Crippen LogP contribution is -1.96. The predicted octanol–water partition coefficient (Wildman–Crippen LogP) is 6.00. The highest BCUT2D eigenvalue weighted by Crippen LogP contribution is 2.22. The summed E-state index contributed by atoms with van der Waals surface area (Å²) in [5.74, 6) is 1.54. The van der Waals surface area contributed by atoms with Gasteiger partial charge in [-0.1, -0.05) is 55.8 Å². The number of aryl methyl sites for hydroxylation is 1. The number of aromatic nitrogens is 1. The molecule has 1 heterocycles. The Morgan fingerprint density at radius 2 is 1.50 bits per heavy atom. The smallest absolute Gasteiger partial charge is 0.130 e. The van der Waals surface area contributed by atoms with E-state index in [0.717, 1.165) is 23.5 Å². The molecular weight excluding hydrogens is 292 g/mol. The summed E-state index contributed by atoms with van der Waals surface area (Å²) < 4.78 is 0. The van der Waals surface area contributed by atoms with Crippen molar-refractivity contribution >= 4 is 11.5 Å². The summed E-state index contributed by atoms with van der Waals surface area (Å²) in [6, 6.07) is 21.2. The topological polar surface area (TPSA) is 24.9 Å². The predicted molar refractivity (Wildman–Crippen MR) is 103 cm³/mol. The molecular formula is C22H24N2. The fraction of sp³-hybridized carbons (Fsp3) is 0.227. The lowest BCUT2D eigenvalue weighted by atomic mass is 10.0. The van der Waals surface area contributed by atoms with E-state index in [1.165, 1.54) is 16.7 Å². The van der Waals surface area contributed by atoms with Crippen LogP contribution in [0, 0.1) is 12.8 Å². The van der Waals surface area contributed by atoms with Crippen LogP contribution in [0.4, 0.5) is 11.5 Å². The molecule has 3 aromatic rings. The van der Waals surface area contributed by atoms with Crippen molar-refractivity contribution in [1.29, 1.82) is 0 Å². The van der Waals surface area contributed by atoms with Crippen LogP contribution in [0.5, 0.6) is 0 Å². The maximum absolute atomic E-state index is 4.53. The number of rotatable bonds is 5. The van der Waals surface area contributed by atoms with Crippen LogP contribution in [-0.2, 0) is 6.42 Å². The van der Waals surface area contributed by atoms with Crippen LogP contribution in [-0.4, -0.2) is 4.98 Å². The van der Waals surface area contributed by atoms with E-state index >= 15 is 0 Å². The molecule has 2 nitrogen and oxygen atoms in total. The zero-order valence-corrected chi connectivity index (χ0v) is 14.6. The van der Waals surface area contributed by atoms with Crippen LogP contribution >= 0.6 is 0 Å². The number of nitrogens with one attached hydrogen (secondary N) is 1. The quantitative estimate of drug-likeness (QED) is 0.624. The standard InChI is InChI=1S/C22H24N2/c1-16(2)14-18-6-11-21(12-7-18)24-22-13-10-20(15-23-22)19-8-4-17(3)5-9-19/h4-13,15-16H,14H2,1-3H3,(H,23,24). The van der Waals surface area contributed by atoms with Gasteiger partial charge in [-0.2, -0.15) is 0 Å². The summed E-state index contributed by atoms with van der Waals surface area (Å²) in [4.78, 5) is 4.53. The zero-order chi connectivity index (χ0) is 16.9. The van der Waals surface area contributed by atoms with Gasteiger partial charge in [-0.15, -0.1) is 0 Å². The molecule has 2 aromatic carbocycles. The number of nitrogens with zero attached hydrogens (tertiary/aromatic N) is 1. The number of hydrogen-bond acceptors (Lipinski definition) is 2. The van der Waals surface area contributed by atoms with Crippen molar-refractivity contribution in [2.24, 2.45) is 5.92 Å². The summed E-state index contributed by atoms with van der Waals surface area (Å²) in [6.07, 6.45) is 3.03. The molecule has 0 amide bonds. The average molecular weight is 316 g/mol. The van der Waals surface area contributed by atoms with Crippen LogP contribution in [0.3, 0.4) is 0 Å². The van der Waals surface area contributed by atoms with Gasteiger partial charge in [0, 0.05) is 17.4 Å². The van der Waals surface area contributed by atoms with E-state index in [4.69, 9.17) is 0 Å². The van der Waals surface area contributed by atoms with Crippen molar-refractivity contribution in [1.82, 2.24) is 4.98 Å². The van der Waals surface area contributed by atoms with E-state index in [1.54, 1.807) is 0 Å². The Morgan fingerprint density at radius 3 is 2.08 bits per heavy atom.